The van der Waals surface area contributed by atoms with E-state index in [4.69, 9.17) is 9.47 Å². The predicted octanol–water partition coefficient (Wildman–Crippen LogP) is 2.60. The molecule has 0 aliphatic carbocycles. The van der Waals surface area contributed by atoms with Crippen LogP contribution >= 0.6 is 0 Å². The van der Waals surface area contributed by atoms with Gasteiger partial charge in [0.15, 0.2) is 11.5 Å². The molecule has 1 aromatic carbocycles. The second-order valence-electron chi connectivity index (χ2n) is 11.8. The number of aliphatic hydroxyl groups is 1. The lowest BCUT2D eigenvalue weighted by Crippen LogP contribution is -2.45. The molecule has 2 aliphatic rings. The van der Waals surface area contributed by atoms with Gasteiger partial charge in [-0.25, -0.2) is 0 Å². The van der Waals surface area contributed by atoms with Crippen LogP contribution in [0.5, 0.6) is 11.5 Å². The Bertz CT molecular complexity index is 1300. The average Bonchev–Trinajstić information content (AvgIpc) is 3.60. The van der Waals surface area contributed by atoms with Crippen LogP contribution in [0.15, 0.2) is 41.3 Å². The van der Waals surface area contributed by atoms with E-state index >= 15 is 0 Å². The molecule has 43 heavy (non-hydrogen) atoms. The summed E-state index contributed by atoms with van der Waals surface area (Å²) in [6.07, 6.45) is 5.85. The fraction of sp³-hybridized carbons (Fsp3) is 0.594. The van der Waals surface area contributed by atoms with Crippen molar-refractivity contribution in [1.82, 2.24) is 19.3 Å². The molecule has 4 rings (SSSR count). The highest BCUT2D eigenvalue weighted by atomic mass is 16.7. The molecular weight excluding hydrogens is 552 g/mol. The average molecular weight is 599 g/mol. The van der Waals surface area contributed by atoms with Crippen LogP contribution in [-0.2, 0) is 22.7 Å². The number of unbranched alkanes of at least 4 members (excludes halogenated alkanes) is 2. The number of hydrogen-bond acceptors (Lipinski definition) is 8. The molecule has 1 saturated heterocycles. The lowest BCUT2D eigenvalue weighted by atomic mass is 9.83. The molecule has 1 fully saturated rings. The number of aliphatic carboxylic acids is 1. The van der Waals surface area contributed by atoms with Crippen molar-refractivity contribution in [1.29, 1.82) is 0 Å². The van der Waals surface area contributed by atoms with Crippen molar-refractivity contribution in [3.8, 4) is 11.5 Å². The van der Waals surface area contributed by atoms with Crippen molar-refractivity contribution in [2.45, 2.75) is 64.1 Å². The molecule has 0 bridgehead atoms. The van der Waals surface area contributed by atoms with Gasteiger partial charge in [0.2, 0.25) is 18.3 Å². The summed E-state index contributed by atoms with van der Waals surface area (Å²) < 4.78 is 12.7. The molecule has 0 saturated carbocycles. The Morgan fingerprint density at radius 1 is 1.07 bits per heavy atom. The van der Waals surface area contributed by atoms with E-state index in [1.54, 1.807) is 35.0 Å². The monoisotopic (exact) mass is 598 g/mol. The number of carbonyl (C=O) groups excluding carboxylic acids is 1. The van der Waals surface area contributed by atoms with Crippen molar-refractivity contribution >= 4 is 11.9 Å². The van der Waals surface area contributed by atoms with E-state index in [1.165, 1.54) is 6.07 Å². The van der Waals surface area contributed by atoms with Crippen LogP contribution in [0.3, 0.4) is 0 Å². The molecule has 0 unspecified atom stereocenters. The fourth-order valence-electron chi connectivity index (χ4n) is 6.26. The first-order valence-corrected chi connectivity index (χ1v) is 15.3. The Balaban J connectivity index is 1.61. The van der Waals surface area contributed by atoms with Crippen molar-refractivity contribution in [3.63, 3.8) is 0 Å². The van der Waals surface area contributed by atoms with Crippen molar-refractivity contribution in [2.75, 3.05) is 53.6 Å². The number of hydrogen-bond donors (Lipinski definition) is 2. The maximum Gasteiger partial charge on any atom is 0.308 e. The summed E-state index contributed by atoms with van der Waals surface area (Å²) in [4.78, 5) is 45.2. The quantitative estimate of drug-likeness (QED) is 0.281. The number of carboxylic acid groups (broad SMARTS) is 1. The maximum absolute atomic E-state index is 13.8. The van der Waals surface area contributed by atoms with Gasteiger partial charge < -0.3 is 34.1 Å². The molecule has 2 N–H and O–H groups in total. The van der Waals surface area contributed by atoms with Gasteiger partial charge in [-0.2, -0.15) is 0 Å². The lowest BCUT2D eigenvalue weighted by molar-refractivity contribution is -0.144. The van der Waals surface area contributed by atoms with E-state index in [9.17, 15) is 24.6 Å². The number of carbonyl (C=O) groups is 2. The van der Waals surface area contributed by atoms with Crippen LogP contribution < -0.4 is 15.0 Å². The Labute approximate surface area is 253 Å². The smallest absolute Gasteiger partial charge is 0.308 e. The summed E-state index contributed by atoms with van der Waals surface area (Å²) in [6, 6.07) is 8.04. The molecule has 11 heteroatoms. The minimum absolute atomic E-state index is 0.00768. The summed E-state index contributed by atoms with van der Waals surface area (Å²) in [6.45, 7) is 4.94. The molecule has 11 nitrogen and oxygen atoms in total. The minimum Gasteiger partial charge on any atom is -0.481 e. The van der Waals surface area contributed by atoms with Crippen molar-refractivity contribution in [2.24, 2.45) is 5.92 Å². The van der Waals surface area contributed by atoms with Gasteiger partial charge in [0.25, 0.3) is 0 Å². The number of rotatable bonds is 16. The standard InChI is InChI=1S/C32H46N4O7/c1-4-5-13-34(15-9-8-12-33(2)3)29(39)20-36-19-25(23-17-24(21-37)31-27(18-23)42-22-43-31)30(32(40)41)26(36)11-16-35-14-7-6-10-28(35)38/h6-7,10,14,17-18,25-26,30,37H,4-5,8-9,11-13,15-16,19-22H2,1-3H3,(H,40,41)/t25-,26+,30-/m1/s1. The normalized spacial score (nSPS) is 19.7. The van der Waals surface area contributed by atoms with E-state index in [0.29, 0.717) is 49.7 Å². The number of aryl methyl sites for hydroxylation is 1. The first kappa shape index (κ1) is 32.5. The zero-order valence-corrected chi connectivity index (χ0v) is 25.6. The number of benzene rings is 1. The zero-order valence-electron chi connectivity index (χ0n) is 25.6. The lowest BCUT2D eigenvalue weighted by Gasteiger charge is -2.30. The third kappa shape index (κ3) is 8.16. The maximum atomic E-state index is 13.8. The van der Waals surface area contributed by atoms with Gasteiger partial charge in [-0.05, 0) is 70.1 Å². The zero-order chi connectivity index (χ0) is 30.9. The Hall–Kier alpha value is -3.41. The number of nitrogens with zero attached hydrogens (tertiary/aromatic N) is 4. The predicted molar refractivity (Wildman–Crippen MR) is 162 cm³/mol. The molecule has 0 spiro atoms. The number of fused-ring (bicyclic) bond motifs is 1. The van der Waals surface area contributed by atoms with Crippen LogP contribution in [0.25, 0.3) is 0 Å². The number of aromatic nitrogens is 1. The summed E-state index contributed by atoms with van der Waals surface area (Å²) >= 11 is 0. The summed E-state index contributed by atoms with van der Waals surface area (Å²) in [5, 5.41) is 20.6. The van der Waals surface area contributed by atoms with Crippen LogP contribution in [0.4, 0.5) is 0 Å². The van der Waals surface area contributed by atoms with E-state index in [1.807, 2.05) is 23.9 Å². The highest BCUT2D eigenvalue weighted by Gasteiger charge is 2.47. The Kier molecular flexibility index (Phi) is 11.6. The van der Waals surface area contributed by atoms with E-state index in [0.717, 1.165) is 37.8 Å². The molecule has 1 amide bonds. The van der Waals surface area contributed by atoms with Gasteiger partial charge in [0.05, 0.1) is 19.1 Å². The minimum atomic E-state index is -0.958. The molecule has 2 aromatic rings. The van der Waals surface area contributed by atoms with Crippen LogP contribution in [0, 0.1) is 5.92 Å². The number of aliphatic hydroxyl groups excluding tert-OH is 1. The second kappa shape index (κ2) is 15.4. The van der Waals surface area contributed by atoms with E-state index in [2.05, 4.69) is 11.8 Å². The first-order valence-electron chi connectivity index (χ1n) is 15.3. The summed E-state index contributed by atoms with van der Waals surface area (Å²) in [5.41, 5.74) is 1.11. The van der Waals surface area contributed by atoms with Crippen LogP contribution in [0.2, 0.25) is 0 Å². The summed E-state index contributed by atoms with van der Waals surface area (Å²) in [7, 11) is 4.08. The van der Waals surface area contributed by atoms with Crippen LogP contribution in [-0.4, -0.2) is 101 Å². The number of pyridine rings is 1. The molecule has 3 heterocycles. The highest BCUT2D eigenvalue weighted by molar-refractivity contribution is 5.79. The number of carboxylic acids is 1. The SMILES string of the molecule is CCCCN(CCCCN(C)C)C(=O)CN1C[C@H](c2cc(CO)c3c(c2)OCO3)[C@@H](C(=O)O)[C@@H]1CCn1ccccc1=O. The number of ether oxygens (including phenoxy) is 2. The van der Waals surface area contributed by atoms with Crippen molar-refractivity contribution < 1.29 is 29.3 Å². The summed E-state index contributed by atoms with van der Waals surface area (Å²) in [5.74, 6) is -1.29. The largest absolute Gasteiger partial charge is 0.481 e. The molecule has 2 aliphatic heterocycles. The number of amides is 1. The van der Waals surface area contributed by atoms with Gasteiger partial charge in [0, 0.05) is 56.0 Å². The van der Waals surface area contributed by atoms with Gasteiger partial charge in [-0.1, -0.05) is 19.4 Å². The fourth-order valence-corrected chi connectivity index (χ4v) is 6.26. The van der Waals surface area contributed by atoms with Gasteiger partial charge in [0.1, 0.15) is 0 Å². The van der Waals surface area contributed by atoms with Crippen LogP contribution in [0.1, 0.15) is 56.1 Å². The first-order chi connectivity index (χ1) is 20.7. The topological polar surface area (TPSA) is 125 Å². The third-order valence-electron chi connectivity index (χ3n) is 8.52. The van der Waals surface area contributed by atoms with E-state index in [-0.39, 0.29) is 31.4 Å². The number of likely N-dealkylation sites (tertiary alicyclic amines) is 1. The molecule has 0 radical (unpaired) electrons. The second-order valence-corrected chi connectivity index (χ2v) is 11.8. The van der Waals surface area contributed by atoms with Crippen molar-refractivity contribution in [3.05, 3.63) is 58.0 Å². The molecule has 1 aromatic heterocycles. The molecular formula is C32H46N4O7. The van der Waals surface area contributed by atoms with Gasteiger partial charge >= 0.3 is 5.97 Å². The van der Waals surface area contributed by atoms with E-state index < -0.39 is 23.8 Å². The molecule has 3 atom stereocenters. The third-order valence-corrected chi connectivity index (χ3v) is 8.52. The Morgan fingerprint density at radius 3 is 2.53 bits per heavy atom. The van der Waals surface area contributed by atoms with Gasteiger partial charge in [-0.15, -0.1) is 0 Å². The Morgan fingerprint density at radius 2 is 1.84 bits per heavy atom. The highest BCUT2D eigenvalue weighted by Crippen LogP contribution is 2.44. The van der Waals surface area contributed by atoms with Gasteiger partial charge in [-0.3, -0.25) is 19.3 Å². The molecule has 236 valence electrons.